The van der Waals surface area contributed by atoms with E-state index >= 15 is 0 Å². The number of nitrogens with one attached hydrogen (secondary N) is 1. The fourth-order valence-electron chi connectivity index (χ4n) is 3.28. The fraction of sp³-hybridized carbons (Fsp3) is 0.667. The Balaban J connectivity index is 1.53. The molecule has 0 aromatic carbocycles. The van der Waals surface area contributed by atoms with Crippen LogP contribution in [0.15, 0.2) is 18.3 Å². The zero-order valence-electron chi connectivity index (χ0n) is 11.8. The largest absolute Gasteiger partial charge is 0.373 e. The Morgan fingerprint density at radius 2 is 2.11 bits per heavy atom. The highest BCUT2D eigenvalue weighted by molar-refractivity contribution is 5.34. The summed E-state index contributed by atoms with van der Waals surface area (Å²) in [4.78, 5) is 9.64. The van der Waals surface area contributed by atoms with Gasteiger partial charge in [0, 0.05) is 38.9 Å². The molecule has 1 aromatic rings. The van der Waals surface area contributed by atoms with Crippen LogP contribution in [-0.2, 0) is 6.54 Å². The quantitative estimate of drug-likeness (QED) is 0.894. The summed E-state index contributed by atoms with van der Waals surface area (Å²) in [7, 11) is 1.91. The molecule has 0 bridgehead atoms. The molecule has 19 heavy (non-hydrogen) atoms. The Hall–Kier alpha value is -1.13. The van der Waals surface area contributed by atoms with Gasteiger partial charge in [0.05, 0.1) is 0 Å². The van der Waals surface area contributed by atoms with E-state index in [1.54, 1.807) is 0 Å². The van der Waals surface area contributed by atoms with Gasteiger partial charge in [-0.3, -0.25) is 9.80 Å². The number of likely N-dealkylation sites (tertiary alicyclic amines) is 2. The van der Waals surface area contributed by atoms with Gasteiger partial charge in [-0.2, -0.15) is 0 Å². The summed E-state index contributed by atoms with van der Waals surface area (Å²) in [5, 5.41) is 3.06. The lowest BCUT2D eigenvalue weighted by molar-refractivity contribution is 0.230. The minimum atomic E-state index is 0.798. The van der Waals surface area contributed by atoms with Gasteiger partial charge in [-0.15, -0.1) is 0 Å². The maximum atomic E-state index is 4.39. The fourth-order valence-corrected chi connectivity index (χ4v) is 3.28. The van der Waals surface area contributed by atoms with Crippen LogP contribution >= 0.6 is 0 Å². The van der Waals surface area contributed by atoms with Crippen molar-refractivity contribution in [2.75, 3.05) is 38.5 Å². The molecule has 4 nitrogen and oxygen atoms in total. The number of hydrogen-bond donors (Lipinski definition) is 1. The Labute approximate surface area is 115 Å². The van der Waals surface area contributed by atoms with Crippen molar-refractivity contribution in [1.29, 1.82) is 0 Å². The van der Waals surface area contributed by atoms with Crippen LogP contribution in [-0.4, -0.2) is 54.1 Å². The van der Waals surface area contributed by atoms with Gasteiger partial charge in [-0.25, -0.2) is 4.98 Å². The molecule has 1 unspecified atom stereocenters. The van der Waals surface area contributed by atoms with E-state index in [-0.39, 0.29) is 0 Å². The normalized spacial score (nSPS) is 25.0. The first-order valence-electron chi connectivity index (χ1n) is 7.44. The van der Waals surface area contributed by atoms with Crippen LogP contribution < -0.4 is 5.32 Å². The minimum Gasteiger partial charge on any atom is -0.373 e. The van der Waals surface area contributed by atoms with E-state index in [1.807, 2.05) is 13.2 Å². The molecule has 0 aliphatic carbocycles. The SMILES string of the molecule is CNc1ccc(CN2CCC(N3CCCC3)C2)cn1. The smallest absolute Gasteiger partial charge is 0.125 e. The Morgan fingerprint density at radius 1 is 1.26 bits per heavy atom. The Morgan fingerprint density at radius 3 is 2.79 bits per heavy atom. The van der Waals surface area contributed by atoms with Gasteiger partial charge < -0.3 is 5.32 Å². The van der Waals surface area contributed by atoms with Crippen molar-refractivity contribution < 1.29 is 0 Å². The van der Waals surface area contributed by atoms with Crippen molar-refractivity contribution in [2.45, 2.75) is 31.8 Å². The second-order valence-corrected chi connectivity index (χ2v) is 5.72. The second-order valence-electron chi connectivity index (χ2n) is 5.72. The van der Waals surface area contributed by atoms with Gasteiger partial charge in [0.1, 0.15) is 5.82 Å². The first-order chi connectivity index (χ1) is 9.35. The van der Waals surface area contributed by atoms with Crippen molar-refractivity contribution >= 4 is 5.82 Å². The summed E-state index contributed by atoms with van der Waals surface area (Å²) in [6.45, 7) is 6.14. The lowest BCUT2D eigenvalue weighted by Gasteiger charge is -2.23. The van der Waals surface area contributed by atoms with E-state index in [0.717, 1.165) is 18.4 Å². The molecule has 0 amide bonds. The van der Waals surface area contributed by atoms with Gasteiger partial charge >= 0.3 is 0 Å². The molecule has 2 fully saturated rings. The molecule has 2 saturated heterocycles. The standard InChI is InChI=1S/C15H24N4/c1-16-15-5-4-13(10-17-15)11-18-9-6-14(12-18)19-7-2-3-8-19/h4-5,10,14H,2-3,6-9,11-12H2,1H3,(H,16,17). The maximum absolute atomic E-state index is 4.39. The summed E-state index contributed by atoms with van der Waals surface area (Å²) in [6, 6.07) is 5.04. The molecule has 1 atom stereocenters. The van der Waals surface area contributed by atoms with Crippen molar-refractivity contribution in [3.8, 4) is 0 Å². The van der Waals surface area contributed by atoms with E-state index in [4.69, 9.17) is 0 Å². The van der Waals surface area contributed by atoms with E-state index in [9.17, 15) is 0 Å². The van der Waals surface area contributed by atoms with E-state index in [2.05, 4.69) is 32.2 Å². The average Bonchev–Trinajstić information content (AvgIpc) is 3.10. The third-order valence-corrected chi connectivity index (χ3v) is 4.39. The number of nitrogens with zero attached hydrogens (tertiary/aromatic N) is 3. The molecule has 1 aromatic heterocycles. The summed E-state index contributed by atoms with van der Waals surface area (Å²) in [5.74, 6) is 0.945. The van der Waals surface area contributed by atoms with Crippen LogP contribution in [0.5, 0.6) is 0 Å². The third-order valence-electron chi connectivity index (χ3n) is 4.39. The van der Waals surface area contributed by atoms with Gasteiger partial charge in [0.2, 0.25) is 0 Å². The number of hydrogen-bond acceptors (Lipinski definition) is 4. The number of rotatable bonds is 4. The van der Waals surface area contributed by atoms with Crippen LogP contribution in [0.2, 0.25) is 0 Å². The predicted octanol–water partition coefficient (Wildman–Crippen LogP) is 1.79. The Bertz CT molecular complexity index is 397. The van der Waals surface area contributed by atoms with Crippen LogP contribution in [0.3, 0.4) is 0 Å². The summed E-state index contributed by atoms with van der Waals surface area (Å²) in [6.07, 6.45) is 6.12. The molecule has 0 saturated carbocycles. The van der Waals surface area contributed by atoms with E-state index in [0.29, 0.717) is 0 Å². The molecule has 4 heteroatoms. The van der Waals surface area contributed by atoms with E-state index < -0.39 is 0 Å². The maximum Gasteiger partial charge on any atom is 0.125 e. The second kappa shape index (κ2) is 5.88. The van der Waals surface area contributed by atoms with Crippen molar-refractivity contribution in [3.05, 3.63) is 23.9 Å². The van der Waals surface area contributed by atoms with Crippen LogP contribution in [0, 0.1) is 0 Å². The first kappa shape index (κ1) is 12.9. The third kappa shape index (κ3) is 3.07. The van der Waals surface area contributed by atoms with Crippen molar-refractivity contribution in [2.24, 2.45) is 0 Å². The van der Waals surface area contributed by atoms with Crippen LogP contribution in [0.1, 0.15) is 24.8 Å². The number of pyridine rings is 1. The minimum absolute atomic E-state index is 0.798. The average molecular weight is 260 g/mol. The zero-order chi connectivity index (χ0) is 13.1. The molecule has 2 aliphatic rings. The van der Waals surface area contributed by atoms with Gasteiger partial charge in [0.25, 0.3) is 0 Å². The Kier molecular flexibility index (Phi) is 3.99. The van der Waals surface area contributed by atoms with Crippen LogP contribution in [0.4, 0.5) is 5.82 Å². The van der Waals surface area contributed by atoms with Crippen LogP contribution in [0.25, 0.3) is 0 Å². The van der Waals surface area contributed by atoms with Crippen molar-refractivity contribution in [3.63, 3.8) is 0 Å². The molecule has 1 N–H and O–H groups in total. The highest BCUT2D eigenvalue weighted by Crippen LogP contribution is 2.21. The molecule has 2 aliphatic heterocycles. The summed E-state index contributed by atoms with van der Waals surface area (Å²) in [5.41, 5.74) is 1.32. The van der Waals surface area contributed by atoms with Gasteiger partial charge in [-0.1, -0.05) is 6.07 Å². The molecule has 0 spiro atoms. The topological polar surface area (TPSA) is 31.4 Å². The summed E-state index contributed by atoms with van der Waals surface area (Å²) >= 11 is 0. The zero-order valence-corrected chi connectivity index (χ0v) is 11.8. The predicted molar refractivity (Wildman–Crippen MR) is 78.3 cm³/mol. The van der Waals surface area contributed by atoms with Crippen molar-refractivity contribution in [1.82, 2.24) is 14.8 Å². The monoisotopic (exact) mass is 260 g/mol. The molecular weight excluding hydrogens is 236 g/mol. The number of aromatic nitrogens is 1. The lowest BCUT2D eigenvalue weighted by Crippen LogP contribution is -2.35. The van der Waals surface area contributed by atoms with E-state index in [1.165, 1.54) is 51.0 Å². The molecule has 104 valence electrons. The lowest BCUT2D eigenvalue weighted by atomic mass is 10.2. The molecule has 0 radical (unpaired) electrons. The number of anilines is 1. The molecular formula is C15H24N4. The van der Waals surface area contributed by atoms with Gasteiger partial charge in [0.15, 0.2) is 0 Å². The first-order valence-corrected chi connectivity index (χ1v) is 7.44. The highest BCUT2D eigenvalue weighted by Gasteiger charge is 2.28. The molecule has 3 heterocycles. The highest BCUT2D eigenvalue weighted by atomic mass is 15.3. The van der Waals surface area contributed by atoms with Gasteiger partial charge in [-0.05, 0) is 44.0 Å². The summed E-state index contributed by atoms with van der Waals surface area (Å²) < 4.78 is 0. The molecule has 3 rings (SSSR count).